The Morgan fingerprint density at radius 2 is 2.25 bits per heavy atom. The lowest BCUT2D eigenvalue weighted by Crippen LogP contribution is -2.27. The normalized spacial score (nSPS) is 20.4. The quantitative estimate of drug-likeness (QED) is 0.806. The molecule has 0 aromatic carbocycles. The van der Waals surface area contributed by atoms with Crippen LogP contribution >= 0.6 is 0 Å². The molecule has 2 N–H and O–H groups in total. The Hall–Kier alpha value is -0.940. The molecule has 2 rings (SSSR count). The van der Waals surface area contributed by atoms with Crippen LogP contribution in [-0.2, 0) is 13.1 Å². The lowest BCUT2D eigenvalue weighted by atomic mass is 9.93. The maximum absolute atomic E-state index is 5.49. The van der Waals surface area contributed by atoms with Gasteiger partial charge in [-0.3, -0.25) is 4.68 Å². The van der Waals surface area contributed by atoms with E-state index >= 15 is 0 Å². The topological polar surface area (TPSA) is 60.0 Å². The molecule has 5 nitrogen and oxygen atoms in total. The maximum atomic E-state index is 5.49. The van der Waals surface area contributed by atoms with Crippen molar-refractivity contribution in [3.8, 4) is 0 Å². The maximum Gasteiger partial charge on any atom is 0.0962 e. The van der Waals surface area contributed by atoms with Gasteiger partial charge in [-0.15, -0.1) is 5.10 Å². The molecule has 1 saturated heterocycles. The summed E-state index contributed by atoms with van der Waals surface area (Å²) in [4.78, 5) is 2.49. The van der Waals surface area contributed by atoms with Gasteiger partial charge in [0.05, 0.1) is 12.2 Å². The highest BCUT2D eigenvalue weighted by Gasteiger charge is 2.28. The lowest BCUT2D eigenvalue weighted by Gasteiger charge is -2.19. The summed E-state index contributed by atoms with van der Waals surface area (Å²) in [7, 11) is 0. The first-order valence-electron chi connectivity index (χ1n) is 5.90. The van der Waals surface area contributed by atoms with Gasteiger partial charge in [0.1, 0.15) is 0 Å². The third-order valence-electron chi connectivity index (χ3n) is 3.20. The molecule has 16 heavy (non-hydrogen) atoms. The molecule has 1 aliphatic heterocycles. The van der Waals surface area contributed by atoms with Crippen molar-refractivity contribution in [1.29, 1.82) is 0 Å². The number of nitrogens with zero attached hydrogens (tertiary/aromatic N) is 4. The standard InChI is InChI=1S/C11H21N5/c1-11(2)3-4-15(9-11)5-6-16-8-10(7-12)13-14-16/h8H,3-7,9,12H2,1-2H3. The molecule has 0 unspecified atom stereocenters. The molecular weight excluding hydrogens is 202 g/mol. The van der Waals surface area contributed by atoms with Gasteiger partial charge in [-0.25, -0.2) is 0 Å². The second kappa shape index (κ2) is 4.51. The van der Waals surface area contributed by atoms with Gasteiger partial charge in [0.2, 0.25) is 0 Å². The Kier molecular flexibility index (Phi) is 3.25. The second-order valence-electron chi connectivity index (χ2n) is 5.37. The molecular formula is C11H21N5. The van der Waals surface area contributed by atoms with Crippen molar-refractivity contribution in [2.75, 3.05) is 19.6 Å². The third kappa shape index (κ3) is 2.80. The molecule has 2 heterocycles. The Morgan fingerprint density at radius 3 is 2.81 bits per heavy atom. The molecule has 5 heteroatoms. The van der Waals surface area contributed by atoms with E-state index < -0.39 is 0 Å². The van der Waals surface area contributed by atoms with Crippen molar-refractivity contribution in [2.45, 2.75) is 33.4 Å². The van der Waals surface area contributed by atoms with Gasteiger partial charge in [-0.05, 0) is 18.4 Å². The molecule has 1 aliphatic rings. The number of hydrogen-bond donors (Lipinski definition) is 1. The number of likely N-dealkylation sites (tertiary alicyclic amines) is 1. The average molecular weight is 223 g/mol. The van der Waals surface area contributed by atoms with Crippen molar-refractivity contribution in [2.24, 2.45) is 11.1 Å². The van der Waals surface area contributed by atoms with Gasteiger partial charge in [0.15, 0.2) is 0 Å². The van der Waals surface area contributed by atoms with Crippen LogP contribution in [0.15, 0.2) is 6.20 Å². The van der Waals surface area contributed by atoms with Crippen LogP contribution in [0.2, 0.25) is 0 Å². The first kappa shape index (κ1) is 11.5. The monoisotopic (exact) mass is 223 g/mol. The molecule has 1 aromatic heterocycles. The fourth-order valence-corrected chi connectivity index (χ4v) is 2.20. The highest BCUT2D eigenvalue weighted by atomic mass is 15.4. The summed E-state index contributed by atoms with van der Waals surface area (Å²) in [6.07, 6.45) is 3.22. The first-order chi connectivity index (χ1) is 7.59. The average Bonchev–Trinajstić information content (AvgIpc) is 2.81. The fourth-order valence-electron chi connectivity index (χ4n) is 2.20. The van der Waals surface area contributed by atoms with Gasteiger partial charge in [-0.1, -0.05) is 19.1 Å². The highest BCUT2D eigenvalue weighted by Crippen LogP contribution is 2.28. The summed E-state index contributed by atoms with van der Waals surface area (Å²) in [5.74, 6) is 0. The third-order valence-corrected chi connectivity index (χ3v) is 3.20. The smallest absolute Gasteiger partial charge is 0.0962 e. The minimum absolute atomic E-state index is 0.469. The summed E-state index contributed by atoms with van der Waals surface area (Å²) in [6.45, 7) is 9.47. The zero-order valence-electron chi connectivity index (χ0n) is 10.2. The predicted molar refractivity (Wildman–Crippen MR) is 62.8 cm³/mol. The molecule has 0 amide bonds. The van der Waals surface area contributed by atoms with Crippen LogP contribution in [0.4, 0.5) is 0 Å². The van der Waals surface area contributed by atoms with Crippen LogP contribution in [0.5, 0.6) is 0 Å². The van der Waals surface area contributed by atoms with Crippen molar-refractivity contribution in [3.05, 3.63) is 11.9 Å². The summed E-state index contributed by atoms with van der Waals surface area (Å²) in [5.41, 5.74) is 6.83. The Bertz CT molecular complexity index is 344. The number of aromatic nitrogens is 3. The summed E-state index contributed by atoms with van der Waals surface area (Å²) >= 11 is 0. The summed E-state index contributed by atoms with van der Waals surface area (Å²) in [6, 6.07) is 0. The first-order valence-corrected chi connectivity index (χ1v) is 5.90. The van der Waals surface area contributed by atoms with Crippen molar-refractivity contribution < 1.29 is 0 Å². The molecule has 0 saturated carbocycles. The zero-order chi connectivity index (χ0) is 11.6. The van der Waals surface area contributed by atoms with Crippen LogP contribution in [0.3, 0.4) is 0 Å². The van der Waals surface area contributed by atoms with Crippen LogP contribution in [-0.4, -0.2) is 39.5 Å². The van der Waals surface area contributed by atoms with E-state index in [2.05, 4.69) is 29.1 Å². The van der Waals surface area contributed by atoms with E-state index in [0.717, 1.165) is 18.8 Å². The molecule has 1 aromatic rings. The van der Waals surface area contributed by atoms with Gasteiger partial charge in [0.25, 0.3) is 0 Å². The summed E-state index contributed by atoms with van der Waals surface area (Å²) in [5, 5.41) is 8.02. The van der Waals surface area contributed by atoms with E-state index in [1.165, 1.54) is 19.5 Å². The largest absolute Gasteiger partial charge is 0.325 e. The predicted octanol–water partition coefficient (Wildman–Crippen LogP) is 0.469. The van der Waals surface area contributed by atoms with E-state index in [4.69, 9.17) is 5.73 Å². The fraction of sp³-hybridized carbons (Fsp3) is 0.818. The SMILES string of the molecule is CC1(C)CCN(CCn2cc(CN)nn2)C1. The van der Waals surface area contributed by atoms with E-state index in [1.54, 1.807) is 0 Å². The number of rotatable bonds is 4. The van der Waals surface area contributed by atoms with Crippen LogP contribution in [0.1, 0.15) is 26.0 Å². The Morgan fingerprint density at radius 1 is 1.44 bits per heavy atom. The van der Waals surface area contributed by atoms with Gasteiger partial charge in [0, 0.05) is 25.8 Å². The second-order valence-corrected chi connectivity index (χ2v) is 5.37. The Balaban J connectivity index is 1.80. The minimum atomic E-state index is 0.469. The molecule has 0 aliphatic carbocycles. The Labute approximate surface area is 96.6 Å². The number of hydrogen-bond acceptors (Lipinski definition) is 4. The molecule has 0 atom stereocenters. The van der Waals surface area contributed by atoms with E-state index in [-0.39, 0.29) is 0 Å². The minimum Gasteiger partial charge on any atom is -0.325 e. The van der Waals surface area contributed by atoms with Gasteiger partial charge >= 0.3 is 0 Å². The van der Waals surface area contributed by atoms with Crippen molar-refractivity contribution in [1.82, 2.24) is 19.9 Å². The molecule has 90 valence electrons. The molecule has 1 fully saturated rings. The van der Waals surface area contributed by atoms with Gasteiger partial charge in [-0.2, -0.15) is 0 Å². The van der Waals surface area contributed by atoms with Crippen LogP contribution in [0.25, 0.3) is 0 Å². The van der Waals surface area contributed by atoms with Crippen LogP contribution < -0.4 is 5.73 Å². The number of nitrogens with two attached hydrogens (primary N) is 1. The van der Waals surface area contributed by atoms with E-state index in [9.17, 15) is 0 Å². The van der Waals surface area contributed by atoms with E-state index in [0.29, 0.717) is 12.0 Å². The molecule has 0 bridgehead atoms. The van der Waals surface area contributed by atoms with E-state index in [1.807, 2.05) is 10.9 Å². The lowest BCUT2D eigenvalue weighted by molar-refractivity contribution is 0.276. The van der Waals surface area contributed by atoms with Crippen molar-refractivity contribution in [3.63, 3.8) is 0 Å². The molecule has 0 radical (unpaired) electrons. The van der Waals surface area contributed by atoms with Crippen molar-refractivity contribution >= 4 is 0 Å². The molecule has 0 spiro atoms. The van der Waals surface area contributed by atoms with Crippen LogP contribution in [0, 0.1) is 5.41 Å². The highest BCUT2D eigenvalue weighted by molar-refractivity contribution is 4.90. The zero-order valence-corrected chi connectivity index (χ0v) is 10.2. The van der Waals surface area contributed by atoms with Gasteiger partial charge < -0.3 is 10.6 Å². The summed E-state index contributed by atoms with van der Waals surface area (Å²) < 4.78 is 1.88.